The molecule has 6 heteroatoms. The zero-order valence-corrected chi connectivity index (χ0v) is 37.2. The zero-order valence-electron chi connectivity index (χ0n) is 37.2. The van der Waals surface area contributed by atoms with Gasteiger partial charge in [-0.3, -0.25) is 9.59 Å². The highest BCUT2D eigenvalue weighted by atomic mass is 16.7. The maximum atomic E-state index is 12.8. The molecule has 50 heavy (non-hydrogen) atoms. The topological polar surface area (TPSA) is 71.1 Å². The van der Waals surface area contributed by atoms with Gasteiger partial charge >= 0.3 is 11.9 Å². The average Bonchev–Trinajstić information content (AvgIpc) is 2.87. The van der Waals surface area contributed by atoms with E-state index in [1.807, 2.05) is 13.8 Å². The first-order valence-corrected chi connectivity index (χ1v) is 20.2. The molecule has 1 aliphatic rings. The average molecular weight is 713 g/mol. The molecule has 6 nitrogen and oxygen atoms in total. The minimum Gasteiger partial charge on any atom is -0.435 e. The summed E-state index contributed by atoms with van der Waals surface area (Å²) in [5, 5.41) is 0. The lowest BCUT2D eigenvalue weighted by Crippen LogP contribution is -2.37. The number of carbonyl (C=O) groups is 2. The maximum absolute atomic E-state index is 12.8. The van der Waals surface area contributed by atoms with Crippen LogP contribution < -0.4 is 0 Å². The molecule has 0 amide bonds. The molecule has 0 aromatic rings. The van der Waals surface area contributed by atoms with Gasteiger partial charge < -0.3 is 18.9 Å². The minimum atomic E-state index is -0.479. The van der Waals surface area contributed by atoms with E-state index in [0.29, 0.717) is 6.42 Å². The van der Waals surface area contributed by atoms with Crippen LogP contribution in [0.4, 0.5) is 0 Å². The molecule has 1 saturated carbocycles. The Bertz CT molecular complexity index is 897. The molecule has 0 spiro atoms. The lowest BCUT2D eigenvalue weighted by atomic mass is 9.72. The molecule has 1 aliphatic carbocycles. The first-order valence-electron chi connectivity index (χ1n) is 20.2. The van der Waals surface area contributed by atoms with E-state index in [-0.39, 0.29) is 63.1 Å². The van der Waals surface area contributed by atoms with Crippen LogP contribution in [-0.2, 0) is 28.5 Å². The number of hydrogen-bond acceptors (Lipinski definition) is 6. The van der Waals surface area contributed by atoms with Crippen molar-refractivity contribution in [1.82, 2.24) is 0 Å². The van der Waals surface area contributed by atoms with Gasteiger partial charge in [0.05, 0.1) is 24.0 Å². The molecule has 0 bridgehead atoms. The molecule has 1 fully saturated rings. The van der Waals surface area contributed by atoms with Crippen LogP contribution in [0.5, 0.6) is 0 Å². The van der Waals surface area contributed by atoms with Crippen LogP contribution >= 0.6 is 0 Å². The second-order valence-electron chi connectivity index (χ2n) is 20.9. The summed E-state index contributed by atoms with van der Waals surface area (Å²) in [4.78, 5) is 25.7. The van der Waals surface area contributed by atoms with Crippen LogP contribution in [0.25, 0.3) is 0 Å². The fourth-order valence-electron chi connectivity index (χ4n) is 5.93. The Morgan fingerprint density at radius 2 is 0.960 bits per heavy atom. The highest BCUT2D eigenvalue weighted by Crippen LogP contribution is 2.38. The van der Waals surface area contributed by atoms with Crippen LogP contribution in [0.15, 0.2) is 0 Å². The van der Waals surface area contributed by atoms with Gasteiger partial charge in [-0.05, 0) is 66.6 Å². The Labute approximate surface area is 312 Å². The minimum absolute atomic E-state index is 0.0332. The van der Waals surface area contributed by atoms with E-state index < -0.39 is 12.6 Å². The van der Waals surface area contributed by atoms with Gasteiger partial charge in [0.25, 0.3) is 0 Å². The number of esters is 2. The highest BCUT2D eigenvalue weighted by Gasteiger charge is 2.38. The van der Waals surface area contributed by atoms with Crippen LogP contribution in [-0.4, -0.2) is 36.7 Å². The molecule has 0 aromatic carbocycles. The van der Waals surface area contributed by atoms with E-state index in [0.717, 1.165) is 38.5 Å². The molecule has 0 N–H and O–H groups in total. The van der Waals surface area contributed by atoms with Crippen LogP contribution in [0, 0.1) is 38.9 Å². The lowest BCUT2D eigenvalue weighted by Gasteiger charge is -2.35. The highest BCUT2D eigenvalue weighted by molar-refractivity contribution is 5.74. The summed E-state index contributed by atoms with van der Waals surface area (Å²) in [7, 11) is 0. The van der Waals surface area contributed by atoms with Crippen molar-refractivity contribution < 1.29 is 28.5 Å². The maximum Gasteiger partial charge on any atom is 0.311 e. The fraction of sp³-hybridized carbons (Fsp3) is 0.955. The van der Waals surface area contributed by atoms with E-state index in [2.05, 4.69) is 125 Å². The molecule has 0 aromatic heterocycles. The van der Waals surface area contributed by atoms with Gasteiger partial charge in [0.2, 0.25) is 12.6 Å². The first kappa shape index (κ1) is 51.0. The van der Waals surface area contributed by atoms with Crippen molar-refractivity contribution in [2.24, 2.45) is 38.9 Å². The number of rotatable bonds is 13. The summed E-state index contributed by atoms with van der Waals surface area (Å²) in [6.45, 7) is 42.4. The second kappa shape index (κ2) is 22.8. The Balaban J connectivity index is 0. The zero-order chi connectivity index (χ0) is 39.7. The van der Waals surface area contributed by atoms with E-state index >= 15 is 0 Å². The summed E-state index contributed by atoms with van der Waals surface area (Å²) in [6.07, 6.45) is 10.7. The van der Waals surface area contributed by atoms with Crippen molar-refractivity contribution in [2.75, 3.05) is 0 Å². The second-order valence-corrected chi connectivity index (χ2v) is 20.9. The number of ether oxygens (including phenoxy) is 4. The van der Waals surface area contributed by atoms with Crippen molar-refractivity contribution in [3.05, 3.63) is 0 Å². The third-order valence-electron chi connectivity index (χ3n) is 8.43. The van der Waals surface area contributed by atoms with Gasteiger partial charge in [-0.2, -0.15) is 0 Å². The largest absolute Gasteiger partial charge is 0.435 e. The predicted octanol–water partition coefficient (Wildman–Crippen LogP) is 13.3. The standard InChI is InChI=1S/C21H40O3.C20H40O3.C3H8/c1-8-12-17(21(5,6)7)19(22)24-18(15-20(2,3)4)23-16-13-10-9-11-14-16;1-14(2)22-16(13-19(6,7)8)23-17(21)15(20(9,10)11)12-18(3,4)5;1-3-2/h16-18H,8-15H2,1-7H3;14-16H,12-13H2,1-11H3;3H2,1-2H3. The normalized spacial score (nSPS) is 17.4. The summed E-state index contributed by atoms with van der Waals surface area (Å²) in [6, 6.07) is 0. The summed E-state index contributed by atoms with van der Waals surface area (Å²) < 4.78 is 23.8. The van der Waals surface area contributed by atoms with Crippen molar-refractivity contribution in [1.29, 1.82) is 0 Å². The molecule has 300 valence electrons. The molecule has 0 radical (unpaired) electrons. The van der Waals surface area contributed by atoms with Crippen molar-refractivity contribution >= 4 is 11.9 Å². The van der Waals surface area contributed by atoms with E-state index in [4.69, 9.17) is 18.9 Å². The lowest BCUT2D eigenvalue weighted by molar-refractivity contribution is -0.206. The van der Waals surface area contributed by atoms with Crippen LogP contribution in [0.2, 0.25) is 0 Å². The SMILES string of the molecule is CC(C)OC(CC(C)(C)C)OC(=O)C(CC(C)(C)C)C(C)(C)C.CCC.CCCC(C(=O)OC(CC(C)(C)C)OC1CCCCC1)C(C)(C)C. The summed E-state index contributed by atoms with van der Waals surface area (Å²) in [5.41, 5.74) is -0.0171. The van der Waals surface area contributed by atoms with E-state index in [9.17, 15) is 9.59 Å². The van der Waals surface area contributed by atoms with Gasteiger partial charge in [0, 0.05) is 12.8 Å². The molecule has 1 rings (SSSR count). The molecule has 0 heterocycles. The van der Waals surface area contributed by atoms with Gasteiger partial charge in [-0.25, -0.2) is 0 Å². The molecular weight excluding hydrogens is 624 g/mol. The predicted molar refractivity (Wildman–Crippen MR) is 213 cm³/mol. The van der Waals surface area contributed by atoms with Crippen molar-refractivity contribution in [3.63, 3.8) is 0 Å². The fourth-order valence-corrected chi connectivity index (χ4v) is 5.93. The quantitative estimate of drug-likeness (QED) is 0.140. The number of carbonyl (C=O) groups excluding carboxylic acids is 2. The van der Waals surface area contributed by atoms with Crippen molar-refractivity contribution in [2.45, 2.75) is 234 Å². The Hall–Kier alpha value is -1.14. The molecule has 0 aliphatic heterocycles. The summed E-state index contributed by atoms with van der Waals surface area (Å²) >= 11 is 0. The van der Waals surface area contributed by atoms with Gasteiger partial charge in [-0.15, -0.1) is 0 Å². The number of hydrogen-bond donors (Lipinski definition) is 0. The first-order chi connectivity index (χ1) is 22.5. The molecule has 4 atom stereocenters. The Morgan fingerprint density at radius 3 is 1.32 bits per heavy atom. The molecule has 4 unspecified atom stereocenters. The smallest absolute Gasteiger partial charge is 0.311 e. The van der Waals surface area contributed by atoms with Crippen molar-refractivity contribution in [3.8, 4) is 0 Å². The Kier molecular flexibility index (Phi) is 23.3. The van der Waals surface area contributed by atoms with Gasteiger partial charge in [0.1, 0.15) is 0 Å². The van der Waals surface area contributed by atoms with E-state index in [1.54, 1.807) is 0 Å². The van der Waals surface area contributed by atoms with Crippen LogP contribution in [0.1, 0.15) is 209 Å². The Morgan fingerprint density at radius 1 is 0.580 bits per heavy atom. The monoisotopic (exact) mass is 713 g/mol. The van der Waals surface area contributed by atoms with E-state index in [1.165, 1.54) is 25.7 Å². The van der Waals surface area contributed by atoms with Gasteiger partial charge in [0.15, 0.2) is 0 Å². The third kappa shape index (κ3) is 26.6. The molecular formula is C44H88O6. The summed E-state index contributed by atoms with van der Waals surface area (Å²) in [5.74, 6) is -0.433. The van der Waals surface area contributed by atoms with Crippen LogP contribution in [0.3, 0.4) is 0 Å². The molecule has 0 saturated heterocycles. The third-order valence-corrected chi connectivity index (χ3v) is 8.43. The van der Waals surface area contributed by atoms with Gasteiger partial charge in [-0.1, -0.05) is 157 Å².